The summed E-state index contributed by atoms with van der Waals surface area (Å²) in [6, 6.07) is 0. The van der Waals surface area contributed by atoms with Crippen LogP contribution in [-0.4, -0.2) is 35.4 Å². The van der Waals surface area contributed by atoms with Crippen molar-refractivity contribution in [3.05, 3.63) is 10.2 Å². The zero-order valence-electron chi connectivity index (χ0n) is 10.4. The molecule has 0 amide bonds. The minimum Gasteiger partial charge on any atom is -0.474 e. The molecule has 2 unspecified atom stereocenters. The maximum absolute atomic E-state index is 5.91. The largest absolute Gasteiger partial charge is 0.474 e. The minimum absolute atomic E-state index is 0.0202. The fourth-order valence-corrected chi connectivity index (χ4v) is 2.73. The molecule has 0 bridgehead atoms. The molecule has 18 heavy (non-hydrogen) atoms. The normalized spacial score (nSPS) is 27.7. The first-order chi connectivity index (χ1) is 8.74. The molecule has 0 aromatic carbocycles. The number of ether oxygens (including phenoxy) is 3. The van der Waals surface area contributed by atoms with Gasteiger partial charge in [0.05, 0.1) is 12.2 Å². The number of hydrogen-bond acceptors (Lipinski definition) is 4. The molecule has 0 N–H and O–H groups in total. The van der Waals surface area contributed by atoms with Gasteiger partial charge in [-0.3, -0.25) is 0 Å². The van der Waals surface area contributed by atoms with Crippen LogP contribution in [0.5, 0.6) is 5.88 Å². The van der Waals surface area contributed by atoms with E-state index in [1.54, 1.807) is 0 Å². The van der Waals surface area contributed by atoms with Gasteiger partial charge in [-0.25, -0.2) is 4.68 Å². The fourth-order valence-electron chi connectivity index (χ4n) is 2.33. The first kappa shape index (κ1) is 12.4. The van der Waals surface area contributed by atoms with Crippen LogP contribution in [0.2, 0.25) is 0 Å². The number of fused-ring (bicyclic) bond motifs is 1. The number of hydrogen-bond donors (Lipinski definition) is 0. The maximum atomic E-state index is 5.91. The second-order valence-corrected chi connectivity index (χ2v) is 5.54. The van der Waals surface area contributed by atoms with Gasteiger partial charge < -0.3 is 14.2 Å². The average Bonchev–Trinajstić information content (AvgIpc) is 2.66. The molecule has 0 spiro atoms. The Morgan fingerprint density at radius 3 is 3.11 bits per heavy atom. The van der Waals surface area contributed by atoms with E-state index in [1.165, 1.54) is 6.42 Å². The molecule has 2 atom stereocenters. The highest BCUT2D eigenvalue weighted by molar-refractivity contribution is 9.10. The molecule has 0 aliphatic carbocycles. The Hall–Kier alpha value is -0.590. The Labute approximate surface area is 115 Å². The molecule has 5 nitrogen and oxygen atoms in total. The molecule has 3 rings (SSSR count). The van der Waals surface area contributed by atoms with Gasteiger partial charge in [0.15, 0.2) is 6.29 Å². The second kappa shape index (κ2) is 5.19. The van der Waals surface area contributed by atoms with Gasteiger partial charge in [0.2, 0.25) is 5.88 Å². The zero-order chi connectivity index (χ0) is 12.5. The first-order valence-corrected chi connectivity index (χ1v) is 7.16. The van der Waals surface area contributed by atoms with Crippen molar-refractivity contribution in [2.45, 2.75) is 45.1 Å². The van der Waals surface area contributed by atoms with Crippen molar-refractivity contribution < 1.29 is 14.2 Å². The van der Waals surface area contributed by atoms with E-state index in [9.17, 15) is 0 Å². The van der Waals surface area contributed by atoms with Crippen molar-refractivity contribution in [1.29, 1.82) is 0 Å². The van der Waals surface area contributed by atoms with Crippen LogP contribution in [0.25, 0.3) is 0 Å². The summed E-state index contributed by atoms with van der Waals surface area (Å²) >= 11 is 3.48. The van der Waals surface area contributed by atoms with Crippen LogP contribution in [0.3, 0.4) is 0 Å². The van der Waals surface area contributed by atoms with E-state index in [0.717, 1.165) is 42.0 Å². The second-order valence-electron chi connectivity index (χ2n) is 4.75. The van der Waals surface area contributed by atoms with Crippen LogP contribution in [0.15, 0.2) is 4.47 Å². The lowest BCUT2D eigenvalue weighted by atomic mass is 10.2. The molecule has 2 aliphatic rings. The molecule has 6 heteroatoms. The Morgan fingerprint density at radius 2 is 2.33 bits per heavy atom. The van der Waals surface area contributed by atoms with Crippen LogP contribution in [0, 0.1) is 6.92 Å². The molecular formula is C12H17BrN2O3. The summed E-state index contributed by atoms with van der Waals surface area (Å²) in [6.07, 6.45) is 3.23. The number of aromatic nitrogens is 2. The van der Waals surface area contributed by atoms with E-state index in [2.05, 4.69) is 21.0 Å². The standard InChI is InChI=1S/C12H17BrN2O3/c1-8-11(13)12-15(14-8)6-9(7-17-12)18-10-4-2-3-5-16-10/h9-10H,2-7H2,1H3. The Morgan fingerprint density at radius 1 is 1.44 bits per heavy atom. The molecule has 1 saturated heterocycles. The van der Waals surface area contributed by atoms with Gasteiger partial charge in [0, 0.05) is 6.61 Å². The van der Waals surface area contributed by atoms with Gasteiger partial charge in [-0.05, 0) is 42.1 Å². The lowest BCUT2D eigenvalue weighted by molar-refractivity contribution is -0.200. The topological polar surface area (TPSA) is 45.5 Å². The molecule has 100 valence electrons. The van der Waals surface area contributed by atoms with Crippen molar-refractivity contribution in [2.24, 2.45) is 0 Å². The summed E-state index contributed by atoms with van der Waals surface area (Å²) in [5.41, 5.74) is 0.944. The predicted octanol–water partition coefficient (Wildman–Crippen LogP) is 2.26. The predicted molar refractivity (Wildman–Crippen MR) is 68.6 cm³/mol. The van der Waals surface area contributed by atoms with Gasteiger partial charge in [-0.15, -0.1) is 0 Å². The van der Waals surface area contributed by atoms with E-state index >= 15 is 0 Å². The summed E-state index contributed by atoms with van der Waals surface area (Å²) in [5, 5.41) is 4.42. The number of halogens is 1. The molecule has 0 saturated carbocycles. The van der Waals surface area contributed by atoms with E-state index in [-0.39, 0.29) is 12.4 Å². The van der Waals surface area contributed by atoms with E-state index in [1.807, 2.05) is 11.6 Å². The smallest absolute Gasteiger partial charge is 0.226 e. The molecular weight excluding hydrogens is 300 g/mol. The maximum Gasteiger partial charge on any atom is 0.226 e. The highest BCUT2D eigenvalue weighted by Crippen LogP contribution is 2.31. The lowest BCUT2D eigenvalue weighted by Gasteiger charge is -2.30. The summed E-state index contributed by atoms with van der Waals surface area (Å²) in [7, 11) is 0. The van der Waals surface area contributed by atoms with Crippen LogP contribution in [0.4, 0.5) is 0 Å². The quantitative estimate of drug-likeness (QED) is 0.839. The number of rotatable bonds is 2. The van der Waals surface area contributed by atoms with Gasteiger partial charge in [0.25, 0.3) is 0 Å². The molecule has 1 aromatic heterocycles. The van der Waals surface area contributed by atoms with Crippen molar-refractivity contribution >= 4 is 15.9 Å². The van der Waals surface area contributed by atoms with Crippen molar-refractivity contribution in [3.63, 3.8) is 0 Å². The summed E-state index contributed by atoms with van der Waals surface area (Å²) < 4.78 is 20.0. The highest BCUT2D eigenvalue weighted by atomic mass is 79.9. The van der Waals surface area contributed by atoms with Crippen LogP contribution >= 0.6 is 15.9 Å². The first-order valence-electron chi connectivity index (χ1n) is 6.37. The van der Waals surface area contributed by atoms with Crippen molar-refractivity contribution in [1.82, 2.24) is 9.78 Å². The molecule has 1 fully saturated rings. The third-order valence-electron chi connectivity index (χ3n) is 3.28. The van der Waals surface area contributed by atoms with Crippen molar-refractivity contribution in [2.75, 3.05) is 13.2 Å². The Kier molecular flexibility index (Phi) is 3.59. The molecule has 2 aliphatic heterocycles. The average molecular weight is 317 g/mol. The Bertz CT molecular complexity index is 429. The summed E-state index contributed by atoms with van der Waals surface area (Å²) in [4.78, 5) is 0. The van der Waals surface area contributed by atoms with Crippen LogP contribution in [-0.2, 0) is 16.0 Å². The lowest BCUT2D eigenvalue weighted by Crippen LogP contribution is -2.37. The van der Waals surface area contributed by atoms with E-state index < -0.39 is 0 Å². The monoisotopic (exact) mass is 316 g/mol. The summed E-state index contributed by atoms with van der Waals surface area (Å²) in [5.74, 6) is 0.803. The van der Waals surface area contributed by atoms with Crippen LogP contribution < -0.4 is 4.74 Å². The number of nitrogens with zero attached hydrogens (tertiary/aromatic N) is 2. The molecule has 3 heterocycles. The Balaban J connectivity index is 1.63. The van der Waals surface area contributed by atoms with Crippen molar-refractivity contribution in [3.8, 4) is 5.88 Å². The third-order valence-corrected chi connectivity index (χ3v) is 4.19. The van der Waals surface area contributed by atoms with E-state index in [4.69, 9.17) is 14.2 Å². The highest BCUT2D eigenvalue weighted by Gasteiger charge is 2.27. The van der Waals surface area contributed by atoms with E-state index in [0.29, 0.717) is 6.61 Å². The van der Waals surface area contributed by atoms with Gasteiger partial charge >= 0.3 is 0 Å². The van der Waals surface area contributed by atoms with Gasteiger partial charge in [-0.1, -0.05) is 0 Å². The molecule has 0 radical (unpaired) electrons. The van der Waals surface area contributed by atoms with Gasteiger partial charge in [-0.2, -0.15) is 5.10 Å². The summed E-state index contributed by atoms with van der Waals surface area (Å²) in [6.45, 7) is 4.04. The van der Waals surface area contributed by atoms with Crippen LogP contribution in [0.1, 0.15) is 25.0 Å². The molecule has 1 aromatic rings. The SMILES string of the molecule is Cc1nn2c(c1Br)OCC(OC1CCCCO1)C2. The minimum atomic E-state index is -0.0750. The third kappa shape index (κ3) is 2.41. The van der Waals surface area contributed by atoms with Gasteiger partial charge in [0.1, 0.15) is 17.2 Å². The number of aryl methyl sites for hydroxylation is 1. The fraction of sp³-hybridized carbons (Fsp3) is 0.750. The zero-order valence-corrected chi connectivity index (χ0v) is 12.0.